The van der Waals surface area contributed by atoms with Crippen LogP contribution in [-0.4, -0.2) is 41.6 Å². The second-order valence-electron chi connectivity index (χ2n) is 5.04. The summed E-state index contributed by atoms with van der Waals surface area (Å²) in [4.78, 5) is 9.75. The van der Waals surface area contributed by atoms with Crippen molar-refractivity contribution in [2.75, 3.05) is 26.7 Å². The number of nitrogens with one attached hydrogen (secondary N) is 2. The first-order valence-corrected chi connectivity index (χ1v) is 6.93. The van der Waals surface area contributed by atoms with Crippen LogP contribution in [0.25, 0.3) is 0 Å². The molecule has 1 saturated heterocycles. The van der Waals surface area contributed by atoms with Crippen LogP contribution < -0.4 is 10.1 Å². The van der Waals surface area contributed by atoms with Gasteiger partial charge in [0.2, 0.25) is 0 Å². The Balaban J connectivity index is 1.77. The molecule has 106 valence electrons. The fraction of sp³-hybridized carbons (Fsp3) is 0.400. The Bertz CT molecular complexity index is 523. The van der Waals surface area contributed by atoms with Gasteiger partial charge in [-0.05, 0) is 17.7 Å². The second kappa shape index (κ2) is 6.07. The molecular formula is C15H20N4O. The summed E-state index contributed by atoms with van der Waals surface area (Å²) in [5, 5.41) is 3.47. The number of aromatic nitrogens is 2. The number of hydrogen-bond acceptors (Lipinski definition) is 4. The number of ether oxygens (including phenoxy) is 1. The van der Waals surface area contributed by atoms with Crippen LogP contribution in [0.2, 0.25) is 0 Å². The lowest BCUT2D eigenvalue weighted by atomic mass is 10.0. The van der Waals surface area contributed by atoms with Gasteiger partial charge in [-0.2, -0.15) is 0 Å². The van der Waals surface area contributed by atoms with Crippen LogP contribution in [0.15, 0.2) is 36.8 Å². The molecule has 1 aliphatic rings. The summed E-state index contributed by atoms with van der Waals surface area (Å²) < 4.78 is 5.23. The van der Waals surface area contributed by atoms with Crippen LogP contribution in [0.5, 0.6) is 5.75 Å². The first-order chi connectivity index (χ1) is 9.86. The van der Waals surface area contributed by atoms with Gasteiger partial charge in [0, 0.05) is 44.1 Å². The van der Waals surface area contributed by atoms with Crippen LogP contribution in [0, 0.1) is 0 Å². The smallest absolute Gasteiger partial charge is 0.118 e. The van der Waals surface area contributed by atoms with Crippen LogP contribution in [0.1, 0.15) is 17.3 Å². The van der Waals surface area contributed by atoms with Gasteiger partial charge in [0.1, 0.15) is 5.75 Å². The van der Waals surface area contributed by atoms with Gasteiger partial charge in [0.15, 0.2) is 0 Å². The molecule has 3 rings (SSSR count). The molecule has 0 amide bonds. The summed E-state index contributed by atoms with van der Waals surface area (Å²) >= 11 is 0. The minimum absolute atomic E-state index is 0.387. The largest absolute Gasteiger partial charge is 0.497 e. The maximum absolute atomic E-state index is 5.23. The highest BCUT2D eigenvalue weighted by Crippen LogP contribution is 2.25. The van der Waals surface area contributed by atoms with Crippen LogP contribution in [0.3, 0.4) is 0 Å². The molecule has 20 heavy (non-hydrogen) atoms. The molecule has 2 N–H and O–H groups in total. The molecule has 5 heteroatoms. The Kier molecular flexibility index (Phi) is 3.99. The quantitative estimate of drug-likeness (QED) is 0.887. The molecule has 0 unspecified atom stereocenters. The van der Waals surface area contributed by atoms with Crippen molar-refractivity contribution in [3.05, 3.63) is 48.0 Å². The van der Waals surface area contributed by atoms with Crippen LogP contribution >= 0.6 is 0 Å². The second-order valence-corrected chi connectivity index (χ2v) is 5.04. The zero-order valence-corrected chi connectivity index (χ0v) is 11.7. The molecule has 0 saturated carbocycles. The Morgan fingerprint density at radius 1 is 1.35 bits per heavy atom. The van der Waals surface area contributed by atoms with Gasteiger partial charge in [0.25, 0.3) is 0 Å². The minimum Gasteiger partial charge on any atom is -0.497 e. The Morgan fingerprint density at radius 3 is 2.90 bits per heavy atom. The lowest BCUT2D eigenvalue weighted by Gasteiger charge is -2.36. The molecule has 1 atom stereocenters. The van der Waals surface area contributed by atoms with Crippen molar-refractivity contribution >= 4 is 0 Å². The minimum atomic E-state index is 0.387. The summed E-state index contributed by atoms with van der Waals surface area (Å²) in [5.74, 6) is 0.901. The van der Waals surface area contributed by atoms with Gasteiger partial charge in [-0.25, -0.2) is 4.98 Å². The van der Waals surface area contributed by atoms with E-state index in [1.807, 2.05) is 18.3 Å². The van der Waals surface area contributed by atoms with Crippen LogP contribution in [0.4, 0.5) is 0 Å². The van der Waals surface area contributed by atoms with Gasteiger partial charge < -0.3 is 15.0 Å². The number of benzene rings is 1. The third kappa shape index (κ3) is 2.84. The molecule has 1 fully saturated rings. The highest BCUT2D eigenvalue weighted by Gasteiger charge is 2.24. The number of rotatable bonds is 4. The zero-order chi connectivity index (χ0) is 13.8. The molecule has 5 nitrogen and oxygen atoms in total. The average molecular weight is 272 g/mol. The summed E-state index contributed by atoms with van der Waals surface area (Å²) in [6.07, 6.45) is 3.63. The van der Waals surface area contributed by atoms with E-state index in [0.717, 1.165) is 37.6 Å². The SMILES string of the molecule is COc1ccc([C@@H]2CNCCN2Cc2cnc[nH]2)cc1. The monoisotopic (exact) mass is 272 g/mol. The summed E-state index contributed by atoms with van der Waals surface area (Å²) in [6.45, 7) is 3.94. The zero-order valence-electron chi connectivity index (χ0n) is 11.7. The van der Waals surface area contributed by atoms with Gasteiger partial charge >= 0.3 is 0 Å². The lowest BCUT2D eigenvalue weighted by Crippen LogP contribution is -2.45. The predicted molar refractivity (Wildman–Crippen MR) is 77.6 cm³/mol. The van der Waals surface area contributed by atoms with Crippen LogP contribution in [-0.2, 0) is 6.54 Å². The fourth-order valence-electron chi connectivity index (χ4n) is 2.68. The van der Waals surface area contributed by atoms with E-state index in [0.29, 0.717) is 6.04 Å². The molecule has 0 radical (unpaired) electrons. The topological polar surface area (TPSA) is 53.2 Å². The van der Waals surface area contributed by atoms with E-state index in [4.69, 9.17) is 4.74 Å². The number of methoxy groups -OCH3 is 1. The first kappa shape index (κ1) is 13.1. The maximum atomic E-state index is 5.23. The van der Waals surface area contributed by atoms with Crippen molar-refractivity contribution in [2.45, 2.75) is 12.6 Å². The number of piperazine rings is 1. The average Bonchev–Trinajstić information content (AvgIpc) is 3.01. The molecule has 0 bridgehead atoms. The Hall–Kier alpha value is -1.85. The number of nitrogens with zero attached hydrogens (tertiary/aromatic N) is 2. The molecule has 2 aromatic rings. The van der Waals surface area contributed by atoms with Crippen molar-refractivity contribution in [3.8, 4) is 5.75 Å². The molecule has 1 aromatic carbocycles. The number of H-pyrrole nitrogens is 1. The number of aromatic amines is 1. The van der Waals surface area contributed by atoms with E-state index < -0.39 is 0 Å². The predicted octanol–water partition coefficient (Wildman–Crippen LogP) is 1.56. The lowest BCUT2D eigenvalue weighted by molar-refractivity contribution is 0.152. The summed E-state index contributed by atoms with van der Waals surface area (Å²) in [5.41, 5.74) is 2.47. The standard InChI is InChI=1S/C15H20N4O/c1-20-14-4-2-12(3-5-14)15-9-16-6-7-19(15)10-13-8-17-11-18-13/h2-5,8,11,15-16H,6-7,9-10H2,1H3,(H,17,18)/t15-/m0/s1. The van der Waals surface area contributed by atoms with Gasteiger partial charge in [-0.3, -0.25) is 4.90 Å². The number of imidazole rings is 1. The molecule has 2 heterocycles. The molecule has 1 aromatic heterocycles. The van der Waals surface area contributed by atoms with E-state index in [1.54, 1.807) is 13.4 Å². The van der Waals surface area contributed by atoms with E-state index >= 15 is 0 Å². The normalized spacial score (nSPS) is 19.9. The Labute approximate surface area is 119 Å². The van der Waals surface area contributed by atoms with E-state index in [-0.39, 0.29) is 0 Å². The van der Waals surface area contributed by atoms with Gasteiger partial charge in [-0.15, -0.1) is 0 Å². The van der Waals surface area contributed by atoms with Crippen molar-refractivity contribution in [3.63, 3.8) is 0 Å². The molecule has 0 aliphatic carbocycles. The van der Waals surface area contributed by atoms with Crippen molar-refractivity contribution in [2.24, 2.45) is 0 Å². The van der Waals surface area contributed by atoms with Crippen molar-refractivity contribution < 1.29 is 4.74 Å². The van der Waals surface area contributed by atoms with Crippen molar-refractivity contribution in [1.29, 1.82) is 0 Å². The fourth-order valence-corrected chi connectivity index (χ4v) is 2.68. The van der Waals surface area contributed by atoms with E-state index in [2.05, 4.69) is 32.3 Å². The number of hydrogen-bond donors (Lipinski definition) is 2. The molecule has 1 aliphatic heterocycles. The summed E-state index contributed by atoms with van der Waals surface area (Å²) in [6, 6.07) is 8.74. The molecule has 0 spiro atoms. The molecular weight excluding hydrogens is 252 g/mol. The van der Waals surface area contributed by atoms with E-state index in [9.17, 15) is 0 Å². The van der Waals surface area contributed by atoms with E-state index in [1.165, 1.54) is 5.56 Å². The van der Waals surface area contributed by atoms with Gasteiger partial charge in [-0.1, -0.05) is 12.1 Å². The maximum Gasteiger partial charge on any atom is 0.118 e. The Morgan fingerprint density at radius 2 is 2.20 bits per heavy atom. The summed E-state index contributed by atoms with van der Waals surface area (Å²) in [7, 11) is 1.70. The third-order valence-corrected chi connectivity index (χ3v) is 3.78. The third-order valence-electron chi connectivity index (χ3n) is 3.78. The van der Waals surface area contributed by atoms with Gasteiger partial charge in [0.05, 0.1) is 13.4 Å². The first-order valence-electron chi connectivity index (χ1n) is 6.93. The highest BCUT2D eigenvalue weighted by molar-refractivity contribution is 5.29. The highest BCUT2D eigenvalue weighted by atomic mass is 16.5. The van der Waals surface area contributed by atoms with Crippen molar-refractivity contribution in [1.82, 2.24) is 20.2 Å².